The third-order valence-corrected chi connectivity index (χ3v) is 4.95. The largest absolute Gasteiger partial charge is 0.478 e. The molecule has 1 heterocycles. The molecule has 128 valence electrons. The molecule has 3 N–H and O–H groups in total. The second-order valence-electron chi connectivity index (χ2n) is 5.19. The van der Waals surface area contributed by atoms with Crippen molar-refractivity contribution in [1.29, 1.82) is 0 Å². The number of sulfonamides is 1. The number of carbonyl (C=O) groups is 1. The second-order valence-corrected chi connectivity index (χ2v) is 7.66. The van der Waals surface area contributed by atoms with Crippen LogP contribution in [0.5, 0.6) is 0 Å². The van der Waals surface area contributed by atoms with Gasteiger partial charge >= 0.3 is 5.97 Å². The van der Waals surface area contributed by atoms with E-state index in [1.165, 1.54) is 35.1 Å². The molecule has 0 aliphatic rings. The molecule has 0 aliphatic carbocycles. The van der Waals surface area contributed by atoms with Crippen LogP contribution < -0.4 is 5.14 Å². The number of aromatic carboxylic acids is 1. The van der Waals surface area contributed by atoms with Gasteiger partial charge in [-0.05, 0) is 36.4 Å². The predicted molar refractivity (Wildman–Crippen MR) is 95.0 cm³/mol. The van der Waals surface area contributed by atoms with Crippen LogP contribution in [-0.2, 0) is 10.0 Å². The van der Waals surface area contributed by atoms with Gasteiger partial charge in [0.2, 0.25) is 10.0 Å². The van der Waals surface area contributed by atoms with Crippen LogP contribution in [0.4, 0.5) is 0 Å². The summed E-state index contributed by atoms with van der Waals surface area (Å²) >= 11 is 3.33. The van der Waals surface area contributed by atoms with Gasteiger partial charge in [0, 0.05) is 16.2 Å². The average molecular weight is 422 g/mol. The van der Waals surface area contributed by atoms with Gasteiger partial charge in [-0.15, -0.1) is 0 Å². The molecule has 2 aromatic carbocycles. The first-order valence-corrected chi connectivity index (χ1v) is 9.32. The lowest BCUT2D eigenvalue weighted by Gasteiger charge is -2.03. The number of nitrogens with zero attached hydrogens (tertiary/aromatic N) is 2. The van der Waals surface area contributed by atoms with Crippen LogP contribution in [0.2, 0.25) is 0 Å². The molecule has 0 saturated carbocycles. The van der Waals surface area contributed by atoms with Crippen LogP contribution in [0, 0.1) is 0 Å². The molecule has 9 heteroatoms. The number of halogens is 1. The van der Waals surface area contributed by atoms with E-state index in [0.717, 1.165) is 4.47 Å². The van der Waals surface area contributed by atoms with Gasteiger partial charge in [0.15, 0.2) is 0 Å². The van der Waals surface area contributed by atoms with Crippen LogP contribution in [0.1, 0.15) is 10.4 Å². The number of hydrogen-bond donors (Lipinski definition) is 2. The standard InChI is InChI=1S/C16H12BrN3O4S/c17-11-3-1-10(2-4-11)15-14(16(21)22)9-20(19-15)12-5-7-13(8-6-12)25(18,23)24/h1-9H,(H,21,22)(H2,18,23,24). The van der Waals surface area contributed by atoms with Crippen molar-refractivity contribution >= 4 is 31.9 Å². The van der Waals surface area contributed by atoms with Crippen LogP contribution in [-0.4, -0.2) is 29.3 Å². The van der Waals surface area contributed by atoms with Crippen molar-refractivity contribution in [2.75, 3.05) is 0 Å². The first-order valence-electron chi connectivity index (χ1n) is 6.98. The summed E-state index contributed by atoms with van der Waals surface area (Å²) in [5, 5.41) is 18.8. The van der Waals surface area contributed by atoms with Crippen LogP contribution in [0.25, 0.3) is 16.9 Å². The summed E-state index contributed by atoms with van der Waals surface area (Å²) < 4.78 is 24.9. The van der Waals surface area contributed by atoms with E-state index in [1.807, 2.05) is 0 Å². The maximum atomic E-state index is 11.5. The SMILES string of the molecule is NS(=O)(=O)c1ccc(-n2cc(C(=O)O)c(-c3ccc(Br)cc3)n2)cc1. The molecule has 0 aliphatic heterocycles. The monoisotopic (exact) mass is 421 g/mol. The van der Waals surface area contributed by atoms with Gasteiger partial charge in [-0.25, -0.2) is 23.0 Å². The molecular formula is C16H12BrN3O4S. The number of benzene rings is 2. The van der Waals surface area contributed by atoms with Crippen LogP contribution >= 0.6 is 15.9 Å². The van der Waals surface area contributed by atoms with E-state index in [-0.39, 0.29) is 10.5 Å². The van der Waals surface area contributed by atoms with Crippen LogP contribution in [0.15, 0.2) is 64.1 Å². The third-order valence-electron chi connectivity index (χ3n) is 3.49. The van der Waals surface area contributed by atoms with Gasteiger partial charge in [-0.2, -0.15) is 5.10 Å². The van der Waals surface area contributed by atoms with E-state index in [0.29, 0.717) is 16.9 Å². The van der Waals surface area contributed by atoms with Crippen molar-refractivity contribution < 1.29 is 18.3 Å². The Hall–Kier alpha value is -2.49. The lowest BCUT2D eigenvalue weighted by molar-refractivity contribution is 0.0697. The Bertz CT molecular complexity index is 1040. The second kappa shape index (κ2) is 6.43. The number of rotatable bonds is 4. The van der Waals surface area contributed by atoms with Gasteiger partial charge in [0.1, 0.15) is 11.3 Å². The molecule has 0 saturated heterocycles. The molecule has 0 unspecified atom stereocenters. The molecule has 25 heavy (non-hydrogen) atoms. The van der Waals surface area contributed by atoms with Gasteiger partial charge in [-0.1, -0.05) is 28.1 Å². The van der Waals surface area contributed by atoms with Gasteiger partial charge in [0.25, 0.3) is 0 Å². The van der Waals surface area contributed by atoms with Crippen molar-refractivity contribution in [1.82, 2.24) is 9.78 Å². The molecule has 0 fully saturated rings. The van der Waals surface area contributed by atoms with Gasteiger partial charge < -0.3 is 5.11 Å². The highest BCUT2D eigenvalue weighted by molar-refractivity contribution is 9.10. The number of primary sulfonamides is 1. The van der Waals surface area contributed by atoms with E-state index in [9.17, 15) is 18.3 Å². The summed E-state index contributed by atoms with van der Waals surface area (Å²) in [5.41, 5.74) is 1.52. The summed E-state index contributed by atoms with van der Waals surface area (Å²) in [7, 11) is -3.79. The summed E-state index contributed by atoms with van der Waals surface area (Å²) in [6, 6.07) is 12.8. The first kappa shape index (κ1) is 17.3. The van der Waals surface area contributed by atoms with Crippen LogP contribution in [0.3, 0.4) is 0 Å². The zero-order valence-electron chi connectivity index (χ0n) is 12.6. The quantitative estimate of drug-likeness (QED) is 0.671. The fraction of sp³-hybridized carbons (Fsp3) is 0. The minimum Gasteiger partial charge on any atom is -0.478 e. The van der Waals surface area contributed by atoms with Crippen molar-refractivity contribution in [2.45, 2.75) is 4.90 Å². The highest BCUT2D eigenvalue weighted by Gasteiger charge is 2.18. The fourth-order valence-corrected chi connectivity index (χ4v) is 3.05. The number of carboxylic acids is 1. The number of hydrogen-bond acceptors (Lipinski definition) is 4. The smallest absolute Gasteiger partial charge is 0.339 e. The average Bonchev–Trinajstić information content (AvgIpc) is 3.00. The minimum absolute atomic E-state index is 0.0324. The highest BCUT2D eigenvalue weighted by atomic mass is 79.9. The molecule has 0 spiro atoms. The summed E-state index contributed by atoms with van der Waals surface area (Å²) in [5.74, 6) is -1.11. The summed E-state index contributed by atoms with van der Waals surface area (Å²) in [6.07, 6.45) is 1.38. The van der Waals surface area contributed by atoms with E-state index < -0.39 is 16.0 Å². The Morgan fingerprint density at radius 1 is 1.08 bits per heavy atom. The lowest BCUT2D eigenvalue weighted by Crippen LogP contribution is -2.12. The zero-order valence-corrected chi connectivity index (χ0v) is 15.0. The van der Waals surface area contributed by atoms with E-state index >= 15 is 0 Å². The lowest BCUT2D eigenvalue weighted by atomic mass is 10.1. The third kappa shape index (κ3) is 3.63. The maximum absolute atomic E-state index is 11.5. The topological polar surface area (TPSA) is 115 Å². The fourth-order valence-electron chi connectivity index (χ4n) is 2.27. The van der Waals surface area contributed by atoms with Crippen molar-refractivity contribution in [2.24, 2.45) is 5.14 Å². The number of nitrogens with two attached hydrogens (primary N) is 1. The summed E-state index contributed by atoms with van der Waals surface area (Å²) in [4.78, 5) is 11.5. The highest BCUT2D eigenvalue weighted by Crippen LogP contribution is 2.25. The Kier molecular flexibility index (Phi) is 4.46. The normalized spacial score (nSPS) is 11.4. The van der Waals surface area contributed by atoms with Gasteiger partial charge in [0.05, 0.1) is 10.6 Å². The molecule has 0 radical (unpaired) electrons. The molecule has 1 aromatic heterocycles. The molecule has 0 atom stereocenters. The van der Waals surface area contributed by atoms with E-state index in [4.69, 9.17) is 5.14 Å². The zero-order chi connectivity index (χ0) is 18.2. The minimum atomic E-state index is -3.79. The summed E-state index contributed by atoms with van der Waals surface area (Å²) in [6.45, 7) is 0. The Labute approximate surface area is 151 Å². The Morgan fingerprint density at radius 2 is 1.68 bits per heavy atom. The van der Waals surface area contributed by atoms with Gasteiger partial charge in [-0.3, -0.25) is 0 Å². The van der Waals surface area contributed by atoms with Crippen molar-refractivity contribution in [3.05, 3.63) is 64.8 Å². The van der Waals surface area contributed by atoms with E-state index in [2.05, 4.69) is 21.0 Å². The molecule has 7 nitrogen and oxygen atoms in total. The Morgan fingerprint density at radius 3 is 2.20 bits per heavy atom. The maximum Gasteiger partial charge on any atom is 0.339 e. The first-order chi connectivity index (χ1) is 11.8. The molecule has 3 rings (SSSR count). The van der Waals surface area contributed by atoms with Crippen molar-refractivity contribution in [3.8, 4) is 16.9 Å². The molecule has 3 aromatic rings. The number of carboxylic acid groups (broad SMARTS) is 1. The number of aromatic nitrogens is 2. The molecular weight excluding hydrogens is 410 g/mol. The van der Waals surface area contributed by atoms with Crippen molar-refractivity contribution in [3.63, 3.8) is 0 Å². The Balaban J connectivity index is 2.08. The molecule has 0 amide bonds. The molecule has 0 bridgehead atoms. The van der Waals surface area contributed by atoms with E-state index in [1.54, 1.807) is 24.3 Å². The predicted octanol–water partition coefficient (Wildman–Crippen LogP) is 2.65.